The maximum atomic E-state index is 5.94. The molecular weight excluding hydrogens is 276 g/mol. The molecular formula is C12H12N6OS. The molecule has 0 saturated carbocycles. The van der Waals surface area contributed by atoms with Crippen molar-refractivity contribution < 1.29 is 4.74 Å². The predicted octanol–water partition coefficient (Wildman–Crippen LogP) is 1.68. The molecule has 0 amide bonds. The minimum atomic E-state index is -0.0129. The molecule has 2 N–H and O–H groups in total. The summed E-state index contributed by atoms with van der Waals surface area (Å²) in [4.78, 5) is 5.01. The van der Waals surface area contributed by atoms with Crippen molar-refractivity contribution in [3.05, 3.63) is 24.2 Å². The van der Waals surface area contributed by atoms with Crippen molar-refractivity contribution in [1.82, 2.24) is 24.8 Å². The highest BCUT2D eigenvalue weighted by Crippen LogP contribution is 2.31. The van der Waals surface area contributed by atoms with Crippen LogP contribution in [0.25, 0.3) is 15.7 Å². The molecule has 1 atom stereocenters. The number of hydrogen-bond donors (Lipinski definition) is 1. The number of aromatic nitrogens is 5. The van der Waals surface area contributed by atoms with Crippen LogP contribution in [0.3, 0.4) is 0 Å². The van der Waals surface area contributed by atoms with E-state index in [9.17, 15) is 0 Å². The van der Waals surface area contributed by atoms with Gasteiger partial charge in [0.1, 0.15) is 11.8 Å². The second kappa shape index (κ2) is 4.50. The molecule has 102 valence electrons. The fourth-order valence-corrected chi connectivity index (χ4v) is 3.17. The molecule has 1 fully saturated rings. The van der Waals surface area contributed by atoms with Crippen LogP contribution in [0, 0.1) is 0 Å². The number of pyridine rings is 1. The van der Waals surface area contributed by atoms with Gasteiger partial charge in [0.25, 0.3) is 0 Å². The van der Waals surface area contributed by atoms with Gasteiger partial charge in [-0.25, -0.2) is 0 Å². The molecule has 1 aliphatic rings. The third-order valence-corrected chi connectivity index (χ3v) is 4.18. The van der Waals surface area contributed by atoms with E-state index in [1.165, 1.54) is 11.3 Å². The lowest BCUT2D eigenvalue weighted by atomic mass is 10.2. The molecule has 0 radical (unpaired) electrons. The van der Waals surface area contributed by atoms with E-state index in [4.69, 9.17) is 10.5 Å². The van der Waals surface area contributed by atoms with E-state index in [2.05, 4.69) is 20.3 Å². The summed E-state index contributed by atoms with van der Waals surface area (Å²) in [6.07, 6.45) is 3.69. The fraction of sp³-hybridized carbons (Fsp3) is 0.333. The normalized spacial score (nSPS) is 18.9. The van der Waals surface area contributed by atoms with E-state index < -0.39 is 0 Å². The molecule has 0 aliphatic carbocycles. The van der Waals surface area contributed by atoms with Crippen LogP contribution in [0.4, 0.5) is 5.69 Å². The third kappa shape index (κ3) is 1.76. The first-order chi connectivity index (χ1) is 9.83. The molecule has 3 aromatic heterocycles. The van der Waals surface area contributed by atoms with Gasteiger partial charge in [0.2, 0.25) is 4.96 Å². The molecule has 7 nitrogen and oxygen atoms in total. The van der Waals surface area contributed by atoms with Gasteiger partial charge in [-0.1, -0.05) is 11.3 Å². The van der Waals surface area contributed by atoms with E-state index in [0.29, 0.717) is 11.4 Å². The maximum Gasteiger partial charge on any atom is 0.235 e. The first-order valence-electron chi connectivity index (χ1n) is 6.37. The minimum Gasteiger partial charge on any atom is -0.397 e. The van der Waals surface area contributed by atoms with Gasteiger partial charge < -0.3 is 10.5 Å². The number of nitrogens with zero attached hydrogens (tertiary/aromatic N) is 5. The number of anilines is 1. The van der Waals surface area contributed by atoms with E-state index >= 15 is 0 Å². The topological polar surface area (TPSA) is 91.2 Å². The molecule has 0 spiro atoms. The summed E-state index contributed by atoms with van der Waals surface area (Å²) >= 11 is 1.42. The lowest BCUT2D eigenvalue weighted by Gasteiger charge is -2.04. The highest BCUT2D eigenvalue weighted by molar-refractivity contribution is 7.19. The molecule has 4 heterocycles. The second-order valence-electron chi connectivity index (χ2n) is 4.60. The van der Waals surface area contributed by atoms with Crippen LogP contribution in [0.15, 0.2) is 18.3 Å². The van der Waals surface area contributed by atoms with Crippen LogP contribution >= 0.6 is 11.3 Å². The van der Waals surface area contributed by atoms with Gasteiger partial charge in [-0.05, 0) is 25.0 Å². The Morgan fingerprint density at radius 2 is 2.35 bits per heavy atom. The van der Waals surface area contributed by atoms with Gasteiger partial charge in [-0.3, -0.25) is 4.98 Å². The molecule has 8 heteroatoms. The van der Waals surface area contributed by atoms with Crippen molar-refractivity contribution in [3.63, 3.8) is 0 Å². The van der Waals surface area contributed by atoms with E-state index in [1.54, 1.807) is 16.8 Å². The number of rotatable bonds is 2. The Labute approximate surface area is 118 Å². The number of ether oxygens (including phenoxy) is 1. The van der Waals surface area contributed by atoms with E-state index in [1.807, 2.05) is 6.07 Å². The highest BCUT2D eigenvalue weighted by atomic mass is 32.1. The van der Waals surface area contributed by atoms with Gasteiger partial charge in [0.15, 0.2) is 10.8 Å². The monoisotopic (exact) mass is 288 g/mol. The van der Waals surface area contributed by atoms with Gasteiger partial charge >= 0.3 is 0 Å². The SMILES string of the molecule is Nc1cccnc1-c1nn2c(C3CCCO3)nnc2s1. The summed E-state index contributed by atoms with van der Waals surface area (Å²) in [5.74, 6) is 0.759. The fourth-order valence-electron chi connectivity index (χ4n) is 2.31. The molecule has 0 aromatic carbocycles. The Balaban J connectivity index is 1.81. The molecule has 1 saturated heterocycles. The van der Waals surface area contributed by atoms with E-state index in [-0.39, 0.29) is 6.10 Å². The van der Waals surface area contributed by atoms with Gasteiger partial charge in [0, 0.05) is 12.8 Å². The Morgan fingerprint density at radius 3 is 3.15 bits per heavy atom. The zero-order valence-corrected chi connectivity index (χ0v) is 11.4. The van der Waals surface area contributed by atoms with Gasteiger partial charge in [-0.15, -0.1) is 10.2 Å². The maximum absolute atomic E-state index is 5.94. The second-order valence-corrected chi connectivity index (χ2v) is 5.56. The van der Waals surface area contributed by atoms with E-state index in [0.717, 1.165) is 35.2 Å². The Morgan fingerprint density at radius 1 is 1.40 bits per heavy atom. The van der Waals surface area contributed by atoms with Gasteiger partial charge in [0.05, 0.1) is 5.69 Å². The van der Waals surface area contributed by atoms with Crippen LogP contribution in [0.1, 0.15) is 24.8 Å². The highest BCUT2D eigenvalue weighted by Gasteiger charge is 2.25. The number of nitrogen functional groups attached to an aromatic ring is 1. The van der Waals surface area contributed by atoms with Crippen LogP contribution in [-0.4, -0.2) is 31.4 Å². The van der Waals surface area contributed by atoms with Gasteiger partial charge in [-0.2, -0.15) is 9.61 Å². The van der Waals surface area contributed by atoms with Crippen molar-refractivity contribution in [2.45, 2.75) is 18.9 Å². The first-order valence-corrected chi connectivity index (χ1v) is 7.19. The molecule has 1 unspecified atom stereocenters. The Kier molecular flexibility index (Phi) is 2.64. The Hall–Kier alpha value is -2.06. The summed E-state index contributed by atoms with van der Waals surface area (Å²) in [6, 6.07) is 3.61. The van der Waals surface area contributed by atoms with Crippen LogP contribution in [-0.2, 0) is 4.74 Å². The standard InChI is InChI=1S/C12H12N6OS/c13-7-3-1-5-14-9(7)11-17-18-10(8-4-2-6-19-8)15-16-12(18)20-11/h1,3,5,8H,2,4,6,13H2. The summed E-state index contributed by atoms with van der Waals surface area (Å²) in [7, 11) is 0. The van der Waals surface area contributed by atoms with Crippen LogP contribution < -0.4 is 5.73 Å². The van der Waals surface area contributed by atoms with Crippen LogP contribution in [0.2, 0.25) is 0 Å². The summed E-state index contributed by atoms with van der Waals surface area (Å²) in [5, 5.41) is 13.6. The Bertz CT molecular complexity index is 760. The summed E-state index contributed by atoms with van der Waals surface area (Å²) < 4.78 is 7.39. The lowest BCUT2D eigenvalue weighted by molar-refractivity contribution is 0.103. The quantitative estimate of drug-likeness (QED) is 0.771. The zero-order chi connectivity index (χ0) is 13.5. The number of nitrogens with two attached hydrogens (primary N) is 1. The smallest absolute Gasteiger partial charge is 0.235 e. The molecule has 4 rings (SSSR count). The average molecular weight is 288 g/mol. The van der Waals surface area contributed by atoms with Crippen molar-refractivity contribution in [3.8, 4) is 10.7 Å². The van der Waals surface area contributed by atoms with Crippen molar-refractivity contribution in [2.24, 2.45) is 0 Å². The van der Waals surface area contributed by atoms with Crippen LogP contribution in [0.5, 0.6) is 0 Å². The molecule has 3 aromatic rings. The molecule has 1 aliphatic heterocycles. The number of fused-ring (bicyclic) bond motifs is 1. The summed E-state index contributed by atoms with van der Waals surface area (Å²) in [5.41, 5.74) is 7.23. The van der Waals surface area contributed by atoms with Crippen molar-refractivity contribution in [1.29, 1.82) is 0 Å². The van der Waals surface area contributed by atoms with Crippen molar-refractivity contribution in [2.75, 3.05) is 12.3 Å². The summed E-state index contributed by atoms with van der Waals surface area (Å²) in [6.45, 7) is 0.768. The molecule has 20 heavy (non-hydrogen) atoms. The lowest BCUT2D eigenvalue weighted by Crippen LogP contribution is -2.03. The van der Waals surface area contributed by atoms with Crippen molar-refractivity contribution >= 4 is 22.0 Å². The first kappa shape index (κ1) is 11.7. The zero-order valence-electron chi connectivity index (χ0n) is 10.6. The largest absolute Gasteiger partial charge is 0.397 e. The predicted molar refractivity (Wildman–Crippen MR) is 74.2 cm³/mol. The minimum absolute atomic E-state index is 0.0129. The third-order valence-electron chi connectivity index (χ3n) is 3.27. The number of hydrogen-bond acceptors (Lipinski definition) is 7. The average Bonchev–Trinajstić information content (AvgIpc) is 3.14. The molecule has 0 bridgehead atoms.